The Hall–Kier alpha value is -1.55. The maximum absolute atomic E-state index is 12.8. The molecular formula is C18H26N2O2. The summed E-state index contributed by atoms with van der Waals surface area (Å²) in [6, 6.07) is 8.21. The second kappa shape index (κ2) is 6.69. The highest BCUT2D eigenvalue weighted by Crippen LogP contribution is 2.25. The van der Waals surface area contributed by atoms with Gasteiger partial charge in [-0.15, -0.1) is 0 Å². The molecular weight excluding hydrogens is 276 g/mol. The molecule has 0 aromatic heterocycles. The average Bonchev–Trinajstić information content (AvgIpc) is 3.02. The first-order valence-electron chi connectivity index (χ1n) is 8.46. The van der Waals surface area contributed by atoms with Crippen molar-refractivity contribution in [3.05, 3.63) is 29.8 Å². The molecule has 2 fully saturated rings. The van der Waals surface area contributed by atoms with Crippen LogP contribution < -0.4 is 10.1 Å². The lowest BCUT2D eigenvalue weighted by Gasteiger charge is -2.38. The van der Waals surface area contributed by atoms with E-state index in [0.29, 0.717) is 12.1 Å². The number of carbonyl (C=O) groups excluding carboxylic acids is 1. The first-order chi connectivity index (χ1) is 10.6. The molecule has 1 saturated carbocycles. The van der Waals surface area contributed by atoms with Crippen LogP contribution in [0.25, 0.3) is 0 Å². The van der Waals surface area contributed by atoms with Crippen LogP contribution >= 0.6 is 0 Å². The molecule has 2 aliphatic rings. The van der Waals surface area contributed by atoms with E-state index in [0.717, 1.165) is 37.2 Å². The Morgan fingerprint density at radius 1 is 1.27 bits per heavy atom. The molecule has 4 nitrogen and oxygen atoms in total. The van der Waals surface area contributed by atoms with E-state index in [-0.39, 0.29) is 11.9 Å². The lowest BCUT2D eigenvalue weighted by atomic mass is 10.1. The van der Waals surface area contributed by atoms with Crippen molar-refractivity contribution < 1.29 is 9.53 Å². The summed E-state index contributed by atoms with van der Waals surface area (Å²) in [6.07, 6.45) is 5.08. The molecule has 4 heteroatoms. The summed E-state index contributed by atoms with van der Waals surface area (Å²) in [5.74, 6) is 0.936. The Morgan fingerprint density at radius 3 is 2.82 bits per heavy atom. The third-order valence-electron chi connectivity index (χ3n) is 4.98. The fourth-order valence-electron chi connectivity index (χ4n) is 3.41. The molecule has 1 N–H and O–H groups in total. The number of nitrogens with one attached hydrogen (secondary N) is 1. The predicted octanol–water partition coefficient (Wildman–Crippen LogP) is 2.83. The van der Waals surface area contributed by atoms with Crippen LogP contribution in [0.2, 0.25) is 0 Å². The van der Waals surface area contributed by atoms with Gasteiger partial charge < -0.3 is 15.0 Å². The number of rotatable bonds is 3. The lowest BCUT2D eigenvalue weighted by molar-refractivity contribution is 0.0602. The minimum absolute atomic E-state index is 0.109. The number of amides is 1. The molecule has 1 heterocycles. The number of hydrogen-bond donors (Lipinski definition) is 1. The van der Waals surface area contributed by atoms with Crippen molar-refractivity contribution in [1.82, 2.24) is 10.2 Å². The smallest absolute Gasteiger partial charge is 0.254 e. The summed E-state index contributed by atoms with van der Waals surface area (Å²) in [5, 5.41) is 3.41. The monoisotopic (exact) mass is 302 g/mol. The summed E-state index contributed by atoms with van der Waals surface area (Å²) >= 11 is 0. The van der Waals surface area contributed by atoms with Crippen LogP contribution in [0.4, 0.5) is 0 Å². The van der Waals surface area contributed by atoms with Crippen molar-refractivity contribution in [3.8, 4) is 5.75 Å². The molecule has 0 radical (unpaired) electrons. The third-order valence-corrected chi connectivity index (χ3v) is 4.98. The normalized spacial score (nSPS) is 26.2. The van der Waals surface area contributed by atoms with E-state index in [1.165, 1.54) is 12.8 Å². The highest BCUT2D eigenvalue weighted by atomic mass is 16.5. The maximum atomic E-state index is 12.8. The Kier molecular flexibility index (Phi) is 4.67. The molecule has 1 aromatic carbocycles. The Labute approximate surface area is 132 Å². The van der Waals surface area contributed by atoms with E-state index in [2.05, 4.69) is 19.2 Å². The van der Waals surface area contributed by atoms with Gasteiger partial charge in [0.15, 0.2) is 0 Å². The highest BCUT2D eigenvalue weighted by Gasteiger charge is 2.29. The van der Waals surface area contributed by atoms with Crippen molar-refractivity contribution in [2.45, 2.75) is 57.7 Å². The average molecular weight is 302 g/mol. The van der Waals surface area contributed by atoms with Crippen molar-refractivity contribution in [3.63, 3.8) is 0 Å². The summed E-state index contributed by atoms with van der Waals surface area (Å²) < 4.78 is 6.02. The zero-order chi connectivity index (χ0) is 15.5. The van der Waals surface area contributed by atoms with Crippen LogP contribution in [0.5, 0.6) is 5.75 Å². The van der Waals surface area contributed by atoms with Crippen molar-refractivity contribution >= 4 is 5.91 Å². The molecule has 1 saturated heterocycles. The Bertz CT molecular complexity index is 526. The molecule has 1 aromatic rings. The maximum Gasteiger partial charge on any atom is 0.254 e. The SMILES string of the molecule is CC1NCCN(C(=O)c2cccc(OC3CCCC3)c2)C1C. The standard InChI is InChI=1S/C18H26N2O2/c1-13-14(2)20(11-10-19-13)18(21)15-6-5-9-17(12-15)22-16-7-3-4-8-16/h5-6,9,12-14,16,19H,3-4,7-8,10-11H2,1-2H3. The number of hydrogen-bond acceptors (Lipinski definition) is 3. The van der Waals surface area contributed by atoms with Gasteiger partial charge in [-0.1, -0.05) is 6.07 Å². The number of nitrogens with zero attached hydrogens (tertiary/aromatic N) is 1. The Balaban J connectivity index is 1.71. The molecule has 1 aliphatic heterocycles. The zero-order valence-electron chi connectivity index (χ0n) is 13.5. The van der Waals surface area contributed by atoms with Gasteiger partial charge in [0.05, 0.1) is 6.10 Å². The van der Waals surface area contributed by atoms with Gasteiger partial charge in [-0.2, -0.15) is 0 Å². The molecule has 2 atom stereocenters. The van der Waals surface area contributed by atoms with Gasteiger partial charge in [-0.3, -0.25) is 4.79 Å². The molecule has 3 rings (SSSR count). The van der Waals surface area contributed by atoms with Gasteiger partial charge in [-0.05, 0) is 57.7 Å². The summed E-state index contributed by atoms with van der Waals surface area (Å²) in [6.45, 7) is 5.85. The highest BCUT2D eigenvalue weighted by molar-refractivity contribution is 5.95. The molecule has 120 valence electrons. The third kappa shape index (κ3) is 3.27. The van der Waals surface area contributed by atoms with Crippen molar-refractivity contribution in [2.24, 2.45) is 0 Å². The van der Waals surface area contributed by atoms with Crippen LogP contribution in [0.1, 0.15) is 49.9 Å². The van der Waals surface area contributed by atoms with E-state index in [1.807, 2.05) is 29.2 Å². The summed E-state index contributed by atoms with van der Waals surface area (Å²) in [4.78, 5) is 14.8. The first-order valence-corrected chi connectivity index (χ1v) is 8.46. The van der Waals surface area contributed by atoms with Gasteiger partial charge in [-0.25, -0.2) is 0 Å². The minimum Gasteiger partial charge on any atom is -0.490 e. The van der Waals surface area contributed by atoms with E-state index < -0.39 is 0 Å². The van der Waals surface area contributed by atoms with Crippen molar-refractivity contribution in [1.29, 1.82) is 0 Å². The molecule has 0 bridgehead atoms. The predicted molar refractivity (Wildman–Crippen MR) is 87.3 cm³/mol. The van der Waals surface area contributed by atoms with Gasteiger partial charge in [0.1, 0.15) is 5.75 Å². The quantitative estimate of drug-likeness (QED) is 0.933. The van der Waals surface area contributed by atoms with Crippen molar-refractivity contribution in [2.75, 3.05) is 13.1 Å². The van der Waals surface area contributed by atoms with Crippen LogP contribution in [0.3, 0.4) is 0 Å². The van der Waals surface area contributed by atoms with Gasteiger partial charge in [0.25, 0.3) is 5.91 Å². The van der Waals surface area contributed by atoms with E-state index in [1.54, 1.807) is 0 Å². The van der Waals surface area contributed by atoms with Gasteiger partial charge in [0.2, 0.25) is 0 Å². The molecule has 2 unspecified atom stereocenters. The molecule has 0 spiro atoms. The van der Waals surface area contributed by atoms with Crippen LogP contribution in [0, 0.1) is 0 Å². The van der Waals surface area contributed by atoms with Crippen LogP contribution in [-0.4, -0.2) is 42.1 Å². The largest absolute Gasteiger partial charge is 0.490 e. The first kappa shape index (κ1) is 15.3. The van der Waals surface area contributed by atoms with Crippen LogP contribution in [0.15, 0.2) is 24.3 Å². The number of piperazine rings is 1. The second-order valence-corrected chi connectivity index (χ2v) is 6.53. The van der Waals surface area contributed by atoms with Crippen LogP contribution in [-0.2, 0) is 0 Å². The summed E-state index contributed by atoms with van der Waals surface area (Å²) in [5.41, 5.74) is 0.733. The number of ether oxygens (including phenoxy) is 1. The lowest BCUT2D eigenvalue weighted by Crippen LogP contribution is -2.57. The fourth-order valence-corrected chi connectivity index (χ4v) is 3.41. The second-order valence-electron chi connectivity index (χ2n) is 6.53. The summed E-state index contributed by atoms with van der Waals surface area (Å²) in [7, 11) is 0. The van der Waals surface area contributed by atoms with Gasteiger partial charge in [0, 0.05) is 30.7 Å². The van der Waals surface area contributed by atoms with E-state index in [4.69, 9.17) is 4.74 Å². The van der Waals surface area contributed by atoms with Gasteiger partial charge >= 0.3 is 0 Å². The molecule has 1 amide bonds. The van der Waals surface area contributed by atoms with E-state index >= 15 is 0 Å². The Morgan fingerprint density at radius 2 is 2.05 bits per heavy atom. The number of carbonyl (C=O) groups is 1. The fraction of sp³-hybridized carbons (Fsp3) is 0.611. The topological polar surface area (TPSA) is 41.6 Å². The minimum atomic E-state index is 0.109. The molecule has 22 heavy (non-hydrogen) atoms. The zero-order valence-corrected chi connectivity index (χ0v) is 13.5. The van der Waals surface area contributed by atoms with E-state index in [9.17, 15) is 4.79 Å². The molecule has 1 aliphatic carbocycles. The number of benzene rings is 1.